The summed E-state index contributed by atoms with van der Waals surface area (Å²) in [6.45, 7) is 4.99. The molecule has 1 atom stereocenters. The number of carbonyl (C=O) groups is 2. The molecule has 1 N–H and O–H groups in total. The van der Waals surface area contributed by atoms with Gasteiger partial charge in [0.05, 0.1) is 6.61 Å². The number of amides is 2. The Labute approximate surface area is 149 Å². The summed E-state index contributed by atoms with van der Waals surface area (Å²) in [7, 11) is 0. The number of nitrogens with one attached hydrogen (secondary N) is 1. The summed E-state index contributed by atoms with van der Waals surface area (Å²) >= 11 is 0. The first kappa shape index (κ1) is 17.7. The average molecular weight is 342 g/mol. The van der Waals surface area contributed by atoms with Crippen molar-refractivity contribution in [3.63, 3.8) is 0 Å². The molecule has 1 saturated heterocycles. The van der Waals surface area contributed by atoms with Crippen molar-refractivity contribution in [1.82, 2.24) is 10.2 Å². The molecule has 0 aromatic heterocycles. The van der Waals surface area contributed by atoms with Gasteiger partial charge in [-0.1, -0.05) is 12.1 Å². The Kier molecular flexibility index (Phi) is 5.87. The summed E-state index contributed by atoms with van der Waals surface area (Å²) in [6.07, 6.45) is 6.60. The third kappa shape index (κ3) is 5.16. The van der Waals surface area contributed by atoms with Crippen LogP contribution in [-0.2, 0) is 9.53 Å². The second kappa shape index (κ2) is 8.30. The number of ether oxygens (including phenoxy) is 1. The molecule has 2 amide bonds. The van der Waals surface area contributed by atoms with Crippen LogP contribution in [0.5, 0.6) is 0 Å². The van der Waals surface area contributed by atoms with Gasteiger partial charge in [-0.25, -0.2) is 0 Å². The number of carbonyl (C=O) groups excluding carboxylic acids is 2. The maximum absolute atomic E-state index is 12.4. The van der Waals surface area contributed by atoms with Crippen molar-refractivity contribution < 1.29 is 14.3 Å². The van der Waals surface area contributed by atoms with Crippen molar-refractivity contribution in [2.75, 3.05) is 26.3 Å². The highest BCUT2D eigenvalue weighted by atomic mass is 16.5. The fraction of sp³-hybridized carbons (Fsp3) is 0.500. The van der Waals surface area contributed by atoms with Crippen LogP contribution in [0.4, 0.5) is 0 Å². The van der Waals surface area contributed by atoms with Gasteiger partial charge in [-0.3, -0.25) is 9.59 Å². The normalized spacial score (nSPS) is 20.0. The van der Waals surface area contributed by atoms with E-state index in [2.05, 4.69) is 5.32 Å². The van der Waals surface area contributed by atoms with Gasteiger partial charge in [0.15, 0.2) is 0 Å². The fourth-order valence-corrected chi connectivity index (χ4v) is 2.93. The lowest BCUT2D eigenvalue weighted by Crippen LogP contribution is -2.34. The molecule has 25 heavy (non-hydrogen) atoms. The topological polar surface area (TPSA) is 58.6 Å². The first-order valence-corrected chi connectivity index (χ1v) is 9.11. The average Bonchev–Trinajstić information content (AvgIpc) is 3.29. The largest absolute Gasteiger partial charge is 0.381 e. The van der Waals surface area contributed by atoms with Crippen molar-refractivity contribution in [1.29, 1.82) is 0 Å². The van der Waals surface area contributed by atoms with Gasteiger partial charge < -0.3 is 15.0 Å². The van der Waals surface area contributed by atoms with E-state index in [0.717, 1.165) is 44.6 Å². The molecule has 5 nitrogen and oxygen atoms in total. The Morgan fingerprint density at radius 3 is 2.60 bits per heavy atom. The third-order valence-corrected chi connectivity index (χ3v) is 4.70. The SMILES string of the molecule is CCN(C[C@H]1CCOC1)C(=O)/C=C\c1ccc(C(=O)NC2CC2)cc1. The van der Waals surface area contributed by atoms with E-state index in [9.17, 15) is 9.59 Å². The van der Waals surface area contributed by atoms with Crippen LogP contribution in [-0.4, -0.2) is 49.1 Å². The Balaban J connectivity index is 1.54. The van der Waals surface area contributed by atoms with Gasteiger partial charge in [-0.05, 0) is 50.0 Å². The molecule has 1 heterocycles. The van der Waals surface area contributed by atoms with Crippen LogP contribution < -0.4 is 5.32 Å². The summed E-state index contributed by atoms with van der Waals surface area (Å²) in [5.74, 6) is 0.441. The van der Waals surface area contributed by atoms with Gasteiger partial charge >= 0.3 is 0 Å². The third-order valence-electron chi connectivity index (χ3n) is 4.70. The first-order valence-electron chi connectivity index (χ1n) is 9.11. The lowest BCUT2D eigenvalue weighted by molar-refractivity contribution is -0.126. The molecule has 2 aliphatic rings. The standard InChI is InChI=1S/C20H26N2O3/c1-2-22(13-16-11-12-25-14-16)19(23)10-5-15-3-6-17(7-4-15)20(24)21-18-8-9-18/h3-7,10,16,18H,2,8-9,11-14H2,1H3,(H,21,24)/b10-5-/t16-/m1/s1. The summed E-state index contributed by atoms with van der Waals surface area (Å²) in [4.78, 5) is 26.2. The van der Waals surface area contributed by atoms with Crippen LogP contribution in [0.1, 0.15) is 42.1 Å². The van der Waals surface area contributed by atoms with Crippen molar-refractivity contribution in [3.05, 3.63) is 41.5 Å². The molecule has 134 valence electrons. The molecular formula is C20H26N2O3. The maximum Gasteiger partial charge on any atom is 0.251 e. The molecule has 5 heteroatoms. The zero-order valence-corrected chi connectivity index (χ0v) is 14.7. The molecule has 0 radical (unpaired) electrons. The minimum absolute atomic E-state index is 0.0185. The predicted molar refractivity (Wildman–Crippen MR) is 97.1 cm³/mol. The second-order valence-corrected chi connectivity index (χ2v) is 6.81. The monoisotopic (exact) mass is 342 g/mol. The molecule has 2 fully saturated rings. The highest BCUT2D eigenvalue weighted by Crippen LogP contribution is 2.19. The molecular weight excluding hydrogens is 316 g/mol. The van der Waals surface area contributed by atoms with E-state index in [1.165, 1.54) is 0 Å². The Morgan fingerprint density at radius 2 is 2.00 bits per heavy atom. The first-order chi connectivity index (χ1) is 12.2. The number of hydrogen-bond donors (Lipinski definition) is 1. The lowest BCUT2D eigenvalue weighted by atomic mass is 10.1. The summed E-state index contributed by atoms with van der Waals surface area (Å²) in [6, 6.07) is 7.69. The van der Waals surface area contributed by atoms with Crippen LogP contribution in [0.15, 0.2) is 30.3 Å². The van der Waals surface area contributed by atoms with E-state index in [1.807, 2.05) is 24.0 Å². The van der Waals surface area contributed by atoms with Crippen LogP contribution >= 0.6 is 0 Å². The van der Waals surface area contributed by atoms with E-state index in [-0.39, 0.29) is 11.8 Å². The van der Waals surface area contributed by atoms with E-state index in [4.69, 9.17) is 4.74 Å². The molecule has 0 unspecified atom stereocenters. The fourth-order valence-electron chi connectivity index (χ4n) is 2.93. The Bertz CT molecular complexity index is 629. The quantitative estimate of drug-likeness (QED) is 0.775. The van der Waals surface area contributed by atoms with Crippen LogP contribution in [0.3, 0.4) is 0 Å². The van der Waals surface area contributed by atoms with Crippen LogP contribution in [0.2, 0.25) is 0 Å². The van der Waals surface area contributed by atoms with E-state index < -0.39 is 0 Å². The van der Waals surface area contributed by atoms with E-state index in [1.54, 1.807) is 24.3 Å². The second-order valence-electron chi connectivity index (χ2n) is 6.81. The number of rotatable bonds is 7. The Hall–Kier alpha value is -2.14. The molecule has 3 rings (SSSR count). The molecule has 1 aromatic carbocycles. The molecule has 1 aromatic rings. The van der Waals surface area contributed by atoms with Crippen molar-refractivity contribution in [2.24, 2.45) is 5.92 Å². The van der Waals surface area contributed by atoms with Crippen LogP contribution in [0.25, 0.3) is 6.08 Å². The highest BCUT2D eigenvalue weighted by Gasteiger charge is 2.23. The summed E-state index contributed by atoms with van der Waals surface area (Å²) < 4.78 is 5.38. The Morgan fingerprint density at radius 1 is 1.24 bits per heavy atom. The number of hydrogen-bond acceptors (Lipinski definition) is 3. The highest BCUT2D eigenvalue weighted by molar-refractivity contribution is 5.95. The molecule has 1 aliphatic carbocycles. The van der Waals surface area contributed by atoms with Gasteiger partial charge in [0.2, 0.25) is 5.91 Å². The van der Waals surface area contributed by atoms with Crippen molar-refractivity contribution in [3.8, 4) is 0 Å². The number of benzene rings is 1. The van der Waals surface area contributed by atoms with E-state index >= 15 is 0 Å². The van der Waals surface area contributed by atoms with Gasteiger partial charge in [0.25, 0.3) is 5.91 Å². The minimum atomic E-state index is -0.0231. The number of nitrogens with zero attached hydrogens (tertiary/aromatic N) is 1. The minimum Gasteiger partial charge on any atom is -0.381 e. The van der Waals surface area contributed by atoms with E-state index in [0.29, 0.717) is 24.1 Å². The molecule has 0 spiro atoms. The molecule has 1 aliphatic heterocycles. The molecule has 1 saturated carbocycles. The van der Waals surface area contributed by atoms with Crippen molar-refractivity contribution >= 4 is 17.9 Å². The van der Waals surface area contributed by atoms with Gasteiger partial charge in [-0.15, -0.1) is 0 Å². The number of likely N-dealkylation sites (N-methyl/N-ethyl adjacent to an activating group) is 1. The van der Waals surface area contributed by atoms with Gasteiger partial charge in [0.1, 0.15) is 0 Å². The summed E-state index contributed by atoms with van der Waals surface area (Å²) in [5.41, 5.74) is 1.57. The van der Waals surface area contributed by atoms with Gasteiger partial charge in [0, 0.05) is 43.3 Å². The predicted octanol–water partition coefficient (Wildman–Crippen LogP) is 2.48. The zero-order valence-electron chi connectivity index (χ0n) is 14.7. The lowest BCUT2D eigenvalue weighted by Gasteiger charge is -2.22. The maximum atomic E-state index is 12.4. The van der Waals surface area contributed by atoms with Gasteiger partial charge in [-0.2, -0.15) is 0 Å². The van der Waals surface area contributed by atoms with Crippen LogP contribution in [0, 0.1) is 5.92 Å². The van der Waals surface area contributed by atoms with Crippen molar-refractivity contribution in [2.45, 2.75) is 32.2 Å². The smallest absolute Gasteiger partial charge is 0.251 e. The zero-order chi connectivity index (χ0) is 17.6. The molecule has 0 bridgehead atoms. The summed E-state index contributed by atoms with van der Waals surface area (Å²) in [5, 5.41) is 2.97.